The number of carbonyl (C=O) groups is 1. The highest BCUT2D eigenvalue weighted by molar-refractivity contribution is 5.77. The molecule has 0 aliphatic heterocycles. The lowest BCUT2D eigenvalue weighted by atomic mass is 10.2. The summed E-state index contributed by atoms with van der Waals surface area (Å²) in [5, 5.41) is 2.03. The van der Waals surface area contributed by atoms with Crippen LogP contribution in [0.3, 0.4) is 0 Å². The minimum Gasteiger partial charge on any atom is -0.491 e. The summed E-state index contributed by atoms with van der Waals surface area (Å²) >= 11 is 0. The Hall–Kier alpha value is -1.92. The van der Waals surface area contributed by atoms with Crippen molar-refractivity contribution in [3.8, 4) is 5.75 Å². The van der Waals surface area contributed by atoms with Crippen LogP contribution in [0.1, 0.15) is 19.3 Å². The number of para-hydroxylation sites is 2. The first-order valence-corrected chi connectivity index (χ1v) is 6.19. The monoisotopic (exact) mass is 288 g/mol. The van der Waals surface area contributed by atoms with Crippen LogP contribution in [0.25, 0.3) is 0 Å². The van der Waals surface area contributed by atoms with E-state index in [1.54, 1.807) is 24.3 Å². The van der Waals surface area contributed by atoms with Crippen molar-refractivity contribution in [3.05, 3.63) is 24.3 Å². The van der Waals surface area contributed by atoms with Crippen molar-refractivity contribution in [2.75, 3.05) is 12.3 Å². The highest BCUT2D eigenvalue weighted by Crippen LogP contribution is 2.48. The molecule has 0 saturated heterocycles. The molecule has 0 aromatic heterocycles. The molecule has 1 saturated carbocycles. The predicted octanol–water partition coefficient (Wildman–Crippen LogP) is 2.25. The minimum absolute atomic E-state index is 0.0199. The van der Waals surface area contributed by atoms with Crippen molar-refractivity contribution in [1.29, 1.82) is 0 Å². The van der Waals surface area contributed by atoms with Gasteiger partial charge < -0.3 is 15.8 Å². The summed E-state index contributed by atoms with van der Waals surface area (Å²) in [6.07, 6.45) is -4.66. The number of hydrogen-bond acceptors (Lipinski definition) is 3. The maximum atomic E-state index is 12.6. The van der Waals surface area contributed by atoms with Crippen LogP contribution in [0.5, 0.6) is 5.75 Å². The molecule has 1 aliphatic carbocycles. The molecule has 0 spiro atoms. The molecule has 1 aromatic rings. The average Bonchev–Trinajstić information content (AvgIpc) is 3.12. The van der Waals surface area contributed by atoms with E-state index in [4.69, 9.17) is 10.5 Å². The highest BCUT2D eigenvalue weighted by atomic mass is 19.4. The zero-order valence-corrected chi connectivity index (χ0v) is 10.7. The molecule has 1 aliphatic rings. The summed E-state index contributed by atoms with van der Waals surface area (Å²) < 4.78 is 43.2. The van der Waals surface area contributed by atoms with Crippen LogP contribution in [0.15, 0.2) is 24.3 Å². The summed E-state index contributed by atoms with van der Waals surface area (Å²) in [6.45, 7) is -0.0199. The third-order valence-corrected chi connectivity index (χ3v) is 3.18. The van der Waals surface area contributed by atoms with Crippen molar-refractivity contribution in [2.45, 2.75) is 31.0 Å². The Kier molecular flexibility index (Phi) is 3.78. The summed E-state index contributed by atoms with van der Waals surface area (Å²) in [5.74, 6) is -0.258. The Morgan fingerprint density at radius 1 is 1.35 bits per heavy atom. The van der Waals surface area contributed by atoms with Crippen LogP contribution in [-0.2, 0) is 4.79 Å². The molecule has 3 N–H and O–H groups in total. The van der Waals surface area contributed by atoms with Gasteiger partial charge in [0.1, 0.15) is 11.3 Å². The number of benzene rings is 1. The highest BCUT2D eigenvalue weighted by Gasteiger charge is 2.64. The number of hydrogen-bond donors (Lipinski definition) is 2. The molecule has 0 heterocycles. The molecule has 2 rings (SSSR count). The fraction of sp³-hybridized carbons (Fsp3) is 0.462. The lowest BCUT2D eigenvalue weighted by Gasteiger charge is -2.20. The van der Waals surface area contributed by atoms with E-state index < -0.39 is 17.6 Å². The minimum atomic E-state index is -4.40. The zero-order chi connectivity index (χ0) is 14.8. The number of rotatable bonds is 5. The van der Waals surface area contributed by atoms with E-state index in [2.05, 4.69) is 0 Å². The second kappa shape index (κ2) is 5.22. The number of anilines is 1. The number of carbonyl (C=O) groups excluding carboxylic acids is 1. The molecule has 0 atom stereocenters. The van der Waals surface area contributed by atoms with Gasteiger partial charge in [-0.3, -0.25) is 4.79 Å². The van der Waals surface area contributed by atoms with Crippen LogP contribution >= 0.6 is 0 Å². The van der Waals surface area contributed by atoms with Crippen LogP contribution in [0, 0.1) is 0 Å². The van der Waals surface area contributed by atoms with Gasteiger partial charge in [0.05, 0.1) is 18.7 Å². The summed E-state index contributed by atoms with van der Waals surface area (Å²) in [4.78, 5) is 11.5. The van der Waals surface area contributed by atoms with E-state index in [9.17, 15) is 18.0 Å². The molecule has 110 valence electrons. The van der Waals surface area contributed by atoms with Gasteiger partial charge in [0, 0.05) is 0 Å². The van der Waals surface area contributed by atoms with Crippen LogP contribution in [-0.4, -0.2) is 24.2 Å². The Bertz CT molecular complexity index is 499. The maximum Gasteiger partial charge on any atom is 0.411 e. The van der Waals surface area contributed by atoms with Crippen LogP contribution < -0.4 is 15.8 Å². The van der Waals surface area contributed by atoms with E-state index in [1.807, 2.05) is 5.32 Å². The normalized spacial score (nSPS) is 16.6. The second-order valence-electron chi connectivity index (χ2n) is 4.76. The largest absolute Gasteiger partial charge is 0.491 e. The van der Waals surface area contributed by atoms with Gasteiger partial charge in [0.25, 0.3) is 0 Å². The SMILES string of the molecule is Nc1ccccc1OCCC(=O)NC1(C(F)(F)F)CC1. The van der Waals surface area contributed by atoms with E-state index in [-0.39, 0.29) is 25.9 Å². The Balaban J connectivity index is 1.78. The van der Waals surface area contributed by atoms with Crippen molar-refractivity contribution >= 4 is 11.6 Å². The first-order chi connectivity index (χ1) is 9.34. The van der Waals surface area contributed by atoms with Gasteiger partial charge in [-0.2, -0.15) is 13.2 Å². The summed E-state index contributed by atoms with van der Waals surface area (Å²) in [5.41, 5.74) is 4.03. The maximum absolute atomic E-state index is 12.6. The summed E-state index contributed by atoms with van der Waals surface area (Å²) in [6, 6.07) is 6.72. The zero-order valence-electron chi connectivity index (χ0n) is 10.7. The number of nitrogen functional groups attached to an aromatic ring is 1. The van der Waals surface area contributed by atoms with Crippen LogP contribution in [0.2, 0.25) is 0 Å². The smallest absolute Gasteiger partial charge is 0.411 e. The molecular formula is C13H15F3N2O2. The molecule has 0 bridgehead atoms. The number of ether oxygens (including phenoxy) is 1. The predicted molar refractivity (Wildman–Crippen MR) is 67.1 cm³/mol. The Morgan fingerprint density at radius 2 is 2.00 bits per heavy atom. The van der Waals surface area contributed by atoms with Gasteiger partial charge in [0.2, 0.25) is 5.91 Å². The van der Waals surface area contributed by atoms with Gasteiger partial charge in [-0.15, -0.1) is 0 Å². The molecular weight excluding hydrogens is 273 g/mol. The first kappa shape index (κ1) is 14.5. The van der Waals surface area contributed by atoms with E-state index in [0.29, 0.717) is 11.4 Å². The van der Waals surface area contributed by atoms with Crippen molar-refractivity contribution in [1.82, 2.24) is 5.32 Å². The van der Waals surface area contributed by atoms with E-state index in [1.165, 1.54) is 0 Å². The van der Waals surface area contributed by atoms with Gasteiger partial charge in [0.15, 0.2) is 0 Å². The topological polar surface area (TPSA) is 64.3 Å². The molecule has 1 amide bonds. The van der Waals surface area contributed by atoms with Crippen molar-refractivity contribution < 1.29 is 22.7 Å². The fourth-order valence-electron chi connectivity index (χ4n) is 1.80. The van der Waals surface area contributed by atoms with Crippen molar-refractivity contribution in [3.63, 3.8) is 0 Å². The molecule has 20 heavy (non-hydrogen) atoms. The van der Waals surface area contributed by atoms with Gasteiger partial charge >= 0.3 is 6.18 Å². The number of halogens is 3. The quantitative estimate of drug-likeness (QED) is 0.817. The molecule has 1 fully saturated rings. The molecule has 4 nitrogen and oxygen atoms in total. The standard InChI is InChI=1S/C13H15F3N2O2/c14-13(15,16)12(6-7-12)18-11(19)5-8-20-10-4-2-1-3-9(10)17/h1-4H,5-8,17H2,(H,18,19). The summed E-state index contributed by atoms with van der Waals surface area (Å²) in [7, 11) is 0. The number of nitrogens with two attached hydrogens (primary N) is 1. The third-order valence-electron chi connectivity index (χ3n) is 3.18. The van der Waals surface area contributed by atoms with E-state index in [0.717, 1.165) is 0 Å². The van der Waals surface area contributed by atoms with Gasteiger partial charge in [-0.05, 0) is 25.0 Å². The molecule has 7 heteroatoms. The average molecular weight is 288 g/mol. The third kappa shape index (κ3) is 3.15. The lowest BCUT2D eigenvalue weighted by molar-refractivity contribution is -0.170. The first-order valence-electron chi connectivity index (χ1n) is 6.19. The molecule has 0 radical (unpaired) electrons. The lowest BCUT2D eigenvalue weighted by Crippen LogP contribution is -2.48. The second-order valence-corrected chi connectivity index (χ2v) is 4.76. The van der Waals surface area contributed by atoms with E-state index >= 15 is 0 Å². The van der Waals surface area contributed by atoms with Gasteiger partial charge in [-0.1, -0.05) is 12.1 Å². The Morgan fingerprint density at radius 3 is 2.55 bits per heavy atom. The Labute approximate surface area is 114 Å². The molecule has 1 aromatic carbocycles. The number of amides is 1. The van der Waals surface area contributed by atoms with Crippen molar-refractivity contribution in [2.24, 2.45) is 0 Å². The fourth-order valence-corrected chi connectivity index (χ4v) is 1.80. The number of alkyl halides is 3. The van der Waals surface area contributed by atoms with Gasteiger partial charge in [-0.25, -0.2) is 0 Å². The molecule has 0 unspecified atom stereocenters. The van der Waals surface area contributed by atoms with Crippen LogP contribution in [0.4, 0.5) is 18.9 Å². The number of nitrogens with one attached hydrogen (secondary N) is 1.